The molecule has 1 aromatic rings. The molecule has 152 valence electrons. The number of ether oxygens (including phenoxy) is 1. The minimum Gasteiger partial charge on any atom is -0.484 e. The van der Waals surface area contributed by atoms with Crippen molar-refractivity contribution in [1.82, 2.24) is 15.5 Å². The third-order valence-corrected chi connectivity index (χ3v) is 4.73. The lowest BCUT2D eigenvalue weighted by atomic mass is 10.1. The van der Waals surface area contributed by atoms with Gasteiger partial charge < -0.3 is 15.4 Å². The summed E-state index contributed by atoms with van der Waals surface area (Å²) in [6, 6.07) is 7.47. The van der Waals surface area contributed by atoms with Crippen LogP contribution in [0, 0.1) is 5.92 Å². The third kappa shape index (κ3) is 6.61. The molecule has 1 saturated heterocycles. The Labute approximate surface area is 159 Å². The van der Waals surface area contributed by atoms with E-state index in [0.29, 0.717) is 30.0 Å². The molecule has 0 spiro atoms. The van der Waals surface area contributed by atoms with Gasteiger partial charge in [0.05, 0.1) is 0 Å². The van der Waals surface area contributed by atoms with E-state index < -0.39 is 12.8 Å². The second kappa shape index (κ2) is 9.30. The van der Waals surface area contributed by atoms with Gasteiger partial charge in [-0.15, -0.1) is 0 Å². The second-order valence-corrected chi connectivity index (χ2v) is 7.21. The summed E-state index contributed by atoms with van der Waals surface area (Å²) in [5.41, 5.74) is 0.646. The van der Waals surface area contributed by atoms with Crippen molar-refractivity contribution in [3.63, 3.8) is 0 Å². The van der Waals surface area contributed by atoms with E-state index in [-0.39, 0.29) is 11.8 Å². The van der Waals surface area contributed by atoms with E-state index in [1.54, 1.807) is 31.3 Å². The molecule has 5 nitrogen and oxygen atoms in total. The molecule has 2 N–H and O–H groups in total. The van der Waals surface area contributed by atoms with Crippen molar-refractivity contribution in [2.45, 2.75) is 45.6 Å². The van der Waals surface area contributed by atoms with Crippen molar-refractivity contribution >= 4 is 5.96 Å². The fourth-order valence-corrected chi connectivity index (χ4v) is 3.11. The van der Waals surface area contributed by atoms with Gasteiger partial charge in [-0.3, -0.25) is 9.89 Å². The van der Waals surface area contributed by atoms with Crippen LogP contribution in [0.1, 0.15) is 26.3 Å². The van der Waals surface area contributed by atoms with E-state index in [2.05, 4.69) is 41.3 Å². The molecule has 1 aromatic carbocycles. The van der Waals surface area contributed by atoms with Gasteiger partial charge >= 0.3 is 6.18 Å². The average molecular weight is 386 g/mol. The Hall–Kier alpha value is -1.96. The topological polar surface area (TPSA) is 48.9 Å². The van der Waals surface area contributed by atoms with Gasteiger partial charge in [0.15, 0.2) is 12.6 Å². The minimum atomic E-state index is -4.36. The predicted octanol–water partition coefficient (Wildman–Crippen LogP) is 3.02. The molecule has 1 heterocycles. The molecule has 27 heavy (non-hydrogen) atoms. The molecule has 0 amide bonds. The molecule has 2 rings (SSSR count). The van der Waals surface area contributed by atoms with E-state index in [1.165, 1.54) is 0 Å². The van der Waals surface area contributed by atoms with E-state index in [1.807, 2.05) is 0 Å². The fraction of sp³-hybridized carbons (Fsp3) is 0.632. The number of guanidine groups is 1. The molecule has 1 aliphatic rings. The molecule has 0 aromatic heterocycles. The number of nitrogens with one attached hydrogen (secondary N) is 2. The van der Waals surface area contributed by atoms with Gasteiger partial charge in [0.25, 0.3) is 0 Å². The first-order chi connectivity index (χ1) is 12.7. The van der Waals surface area contributed by atoms with Crippen molar-refractivity contribution in [3.8, 4) is 5.75 Å². The molecule has 1 aliphatic heterocycles. The highest BCUT2D eigenvalue weighted by Gasteiger charge is 2.31. The van der Waals surface area contributed by atoms with Gasteiger partial charge in [0, 0.05) is 44.3 Å². The average Bonchev–Trinajstić information content (AvgIpc) is 2.97. The molecule has 0 bridgehead atoms. The number of hydrogen-bond acceptors (Lipinski definition) is 3. The van der Waals surface area contributed by atoms with Gasteiger partial charge in [0.2, 0.25) is 0 Å². The normalized spacial score (nSPS) is 21.6. The Morgan fingerprint density at radius 1 is 1.30 bits per heavy atom. The van der Waals surface area contributed by atoms with Crippen molar-refractivity contribution in [2.24, 2.45) is 10.9 Å². The quantitative estimate of drug-likeness (QED) is 0.583. The Bertz CT molecular complexity index is 634. The Balaban J connectivity index is 1.93. The summed E-state index contributed by atoms with van der Waals surface area (Å²) in [6.45, 7) is 7.54. The van der Waals surface area contributed by atoms with E-state index >= 15 is 0 Å². The number of likely N-dealkylation sites (tertiary alicyclic amines) is 1. The van der Waals surface area contributed by atoms with Crippen LogP contribution in [0.25, 0.3) is 0 Å². The number of benzene rings is 1. The molecule has 1 fully saturated rings. The zero-order valence-electron chi connectivity index (χ0n) is 16.3. The van der Waals surface area contributed by atoms with Crippen LogP contribution in [-0.2, 0) is 6.54 Å². The number of para-hydroxylation sites is 1. The molecular weight excluding hydrogens is 357 g/mol. The van der Waals surface area contributed by atoms with Crippen molar-refractivity contribution < 1.29 is 17.9 Å². The highest BCUT2D eigenvalue weighted by molar-refractivity contribution is 5.80. The molecular formula is C19H29F3N4O. The van der Waals surface area contributed by atoms with Crippen molar-refractivity contribution in [1.29, 1.82) is 0 Å². The van der Waals surface area contributed by atoms with Crippen LogP contribution in [0.3, 0.4) is 0 Å². The summed E-state index contributed by atoms with van der Waals surface area (Å²) in [5.74, 6) is 1.33. The number of nitrogens with zero attached hydrogens (tertiary/aromatic N) is 2. The number of alkyl halides is 3. The summed E-state index contributed by atoms with van der Waals surface area (Å²) in [5, 5.41) is 6.60. The Morgan fingerprint density at radius 3 is 2.59 bits per heavy atom. The molecule has 8 heteroatoms. The molecule has 2 unspecified atom stereocenters. The van der Waals surface area contributed by atoms with Crippen LogP contribution >= 0.6 is 0 Å². The summed E-state index contributed by atoms with van der Waals surface area (Å²) >= 11 is 0. The minimum absolute atomic E-state index is 0.220. The first-order valence-electron chi connectivity index (χ1n) is 9.18. The number of rotatable bonds is 6. The predicted molar refractivity (Wildman–Crippen MR) is 101 cm³/mol. The first kappa shape index (κ1) is 21.3. The Kier molecular flexibility index (Phi) is 7.35. The second-order valence-electron chi connectivity index (χ2n) is 7.21. The van der Waals surface area contributed by atoms with Gasteiger partial charge in [-0.2, -0.15) is 13.2 Å². The summed E-state index contributed by atoms with van der Waals surface area (Å²) in [4.78, 5) is 6.65. The molecule has 0 radical (unpaired) electrons. The molecule has 2 atom stereocenters. The lowest BCUT2D eigenvalue weighted by Crippen LogP contribution is -2.46. The number of hydrogen-bond donors (Lipinski definition) is 2. The van der Waals surface area contributed by atoms with Crippen LogP contribution < -0.4 is 15.4 Å². The highest BCUT2D eigenvalue weighted by Crippen LogP contribution is 2.22. The summed E-state index contributed by atoms with van der Waals surface area (Å²) in [7, 11) is 1.68. The van der Waals surface area contributed by atoms with Crippen LogP contribution in [0.2, 0.25) is 0 Å². The van der Waals surface area contributed by atoms with Gasteiger partial charge in [-0.1, -0.05) is 25.1 Å². The smallest absolute Gasteiger partial charge is 0.422 e. The Morgan fingerprint density at radius 2 is 2.00 bits per heavy atom. The van der Waals surface area contributed by atoms with Crippen LogP contribution in [0.15, 0.2) is 29.3 Å². The largest absolute Gasteiger partial charge is 0.484 e. The molecule has 0 saturated carbocycles. The maximum atomic E-state index is 12.4. The van der Waals surface area contributed by atoms with Crippen molar-refractivity contribution in [2.75, 3.05) is 26.7 Å². The fourth-order valence-electron chi connectivity index (χ4n) is 3.11. The van der Waals surface area contributed by atoms with Crippen LogP contribution in [-0.4, -0.2) is 55.9 Å². The zero-order chi connectivity index (χ0) is 20.0. The summed E-state index contributed by atoms with van der Waals surface area (Å²) < 4.78 is 42.2. The number of aliphatic imine (C=N–C) groups is 1. The lowest BCUT2D eigenvalue weighted by molar-refractivity contribution is -0.153. The van der Waals surface area contributed by atoms with Crippen molar-refractivity contribution in [3.05, 3.63) is 29.8 Å². The maximum absolute atomic E-state index is 12.4. The monoisotopic (exact) mass is 386 g/mol. The summed E-state index contributed by atoms with van der Waals surface area (Å²) in [6.07, 6.45) is -4.36. The van der Waals surface area contributed by atoms with Crippen LogP contribution in [0.5, 0.6) is 5.75 Å². The zero-order valence-corrected chi connectivity index (χ0v) is 16.3. The van der Waals surface area contributed by atoms with E-state index in [4.69, 9.17) is 4.74 Å². The van der Waals surface area contributed by atoms with E-state index in [0.717, 1.165) is 13.1 Å². The highest BCUT2D eigenvalue weighted by atomic mass is 19.4. The van der Waals surface area contributed by atoms with Gasteiger partial charge in [-0.05, 0) is 25.8 Å². The van der Waals surface area contributed by atoms with Crippen LogP contribution in [0.4, 0.5) is 13.2 Å². The standard InChI is InChI=1S/C19H29F3N4O/c1-13(2)26-10-14(3)16(11-26)25-18(23-4)24-9-15-7-5-6-8-17(15)27-12-19(20,21)22/h5-8,13-14,16H,9-12H2,1-4H3,(H2,23,24,25). The first-order valence-corrected chi connectivity index (χ1v) is 9.18. The van der Waals surface area contributed by atoms with Gasteiger partial charge in [0.1, 0.15) is 5.75 Å². The molecule has 0 aliphatic carbocycles. The van der Waals surface area contributed by atoms with Gasteiger partial charge in [-0.25, -0.2) is 0 Å². The SMILES string of the molecule is CN=C(NCc1ccccc1OCC(F)(F)F)NC1CN(C(C)C)CC1C. The van der Waals surface area contributed by atoms with E-state index in [9.17, 15) is 13.2 Å². The maximum Gasteiger partial charge on any atom is 0.422 e. The third-order valence-electron chi connectivity index (χ3n) is 4.73. The lowest BCUT2D eigenvalue weighted by Gasteiger charge is -2.22. The number of halogens is 3.